The van der Waals surface area contributed by atoms with Crippen molar-refractivity contribution < 1.29 is 9.90 Å². The van der Waals surface area contributed by atoms with E-state index in [1.165, 1.54) is 11.3 Å². The minimum atomic E-state index is -0.906. The number of aromatic carboxylic acids is 1. The number of thiazole rings is 1. The van der Waals surface area contributed by atoms with E-state index in [4.69, 9.17) is 5.11 Å². The predicted octanol–water partition coefficient (Wildman–Crippen LogP) is 2.41. The van der Waals surface area contributed by atoms with Gasteiger partial charge in [0, 0.05) is 25.0 Å². The standard InChI is InChI=1S/C11H12N2O2S/c1-3-8-12-9(10(16-8)11(14)15)7-4-5-13(2)6-7/h4-6H,3H2,1-2H3,(H,14,15). The van der Waals surface area contributed by atoms with Crippen molar-refractivity contribution in [3.63, 3.8) is 0 Å². The van der Waals surface area contributed by atoms with E-state index in [0.29, 0.717) is 10.6 Å². The lowest BCUT2D eigenvalue weighted by Gasteiger charge is -1.93. The summed E-state index contributed by atoms with van der Waals surface area (Å²) in [5, 5.41) is 9.96. The predicted molar refractivity (Wildman–Crippen MR) is 62.9 cm³/mol. The maximum absolute atomic E-state index is 11.1. The van der Waals surface area contributed by atoms with Crippen LogP contribution in [0, 0.1) is 0 Å². The third kappa shape index (κ3) is 1.86. The normalized spacial score (nSPS) is 10.6. The second kappa shape index (κ2) is 4.09. The summed E-state index contributed by atoms with van der Waals surface area (Å²) in [6.45, 7) is 1.97. The molecular weight excluding hydrogens is 224 g/mol. The van der Waals surface area contributed by atoms with Gasteiger partial charge in [0.15, 0.2) is 0 Å². The van der Waals surface area contributed by atoms with Gasteiger partial charge in [0.05, 0.1) is 10.7 Å². The summed E-state index contributed by atoms with van der Waals surface area (Å²) in [6, 6.07) is 1.88. The fraction of sp³-hybridized carbons (Fsp3) is 0.273. The van der Waals surface area contributed by atoms with Gasteiger partial charge in [-0.05, 0) is 12.5 Å². The summed E-state index contributed by atoms with van der Waals surface area (Å²) in [4.78, 5) is 15.8. The molecule has 0 radical (unpaired) electrons. The largest absolute Gasteiger partial charge is 0.477 e. The Bertz CT molecular complexity index is 528. The number of rotatable bonds is 3. The first-order valence-electron chi connectivity index (χ1n) is 4.97. The van der Waals surface area contributed by atoms with Gasteiger partial charge in [0.2, 0.25) is 0 Å². The summed E-state index contributed by atoms with van der Waals surface area (Å²) in [6.07, 6.45) is 4.52. The Labute approximate surface area is 97.2 Å². The molecule has 16 heavy (non-hydrogen) atoms. The van der Waals surface area contributed by atoms with Crippen LogP contribution in [-0.2, 0) is 13.5 Å². The van der Waals surface area contributed by atoms with Crippen molar-refractivity contribution in [1.29, 1.82) is 0 Å². The molecule has 2 aromatic rings. The number of aryl methyl sites for hydroxylation is 2. The lowest BCUT2D eigenvalue weighted by molar-refractivity contribution is 0.0702. The van der Waals surface area contributed by atoms with E-state index in [9.17, 15) is 4.79 Å². The molecule has 0 saturated carbocycles. The van der Waals surface area contributed by atoms with Crippen molar-refractivity contribution in [2.45, 2.75) is 13.3 Å². The van der Waals surface area contributed by atoms with Crippen LogP contribution in [0.15, 0.2) is 18.5 Å². The molecule has 2 aromatic heterocycles. The van der Waals surface area contributed by atoms with E-state index in [-0.39, 0.29) is 0 Å². The van der Waals surface area contributed by atoms with Gasteiger partial charge < -0.3 is 9.67 Å². The minimum Gasteiger partial charge on any atom is -0.477 e. The SMILES string of the molecule is CCc1nc(-c2ccn(C)c2)c(C(=O)O)s1. The monoisotopic (exact) mass is 236 g/mol. The number of carboxylic acids is 1. The van der Waals surface area contributed by atoms with Gasteiger partial charge in [-0.15, -0.1) is 11.3 Å². The Morgan fingerprint density at radius 3 is 2.88 bits per heavy atom. The Balaban J connectivity index is 2.54. The van der Waals surface area contributed by atoms with Crippen molar-refractivity contribution in [3.05, 3.63) is 28.3 Å². The molecule has 2 rings (SSSR count). The molecular formula is C11H12N2O2S. The second-order valence-corrected chi connectivity index (χ2v) is 4.59. The van der Waals surface area contributed by atoms with E-state index >= 15 is 0 Å². The van der Waals surface area contributed by atoms with E-state index in [1.807, 2.05) is 37.0 Å². The first-order valence-corrected chi connectivity index (χ1v) is 5.78. The molecule has 1 N–H and O–H groups in total. The quantitative estimate of drug-likeness (QED) is 0.890. The first-order chi connectivity index (χ1) is 7.61. The average molecular weight is 236 g/mol. The number of nitrogens with zero attached hydrogens (tertiary/aromatic N) is 2. The van der Waals surface area contributed by atoms with Crippen LogP contribution in [0.2, 0.25) is 0 Å². The zero-order chi connectivity index (χ0) is 11.7. The highest BCUT2D eigenvalue weighted by atomic mass is 32.1. The van der Waals surface area contributed by atoms with Crippen LogP contribution in [0.4, 0.5) is 0 Å². The highest BCUT2D eigenvalue weighted by molar-refractivity contribution is 7.14. The molecule has 0 fully saturated rings. The zero-order valence-electron chi connectivity index (χ0n) is 9.10. The molecule has 0 aliphatic heterocycles. The first kappa shape index (κ1) is 10.9. The van der Waals surface area contributed by atoms with Gasteiger partial charge in [-0.2, -0.15) is 0 Å². The number of aromatic nitrogens is 2. The summed E-state index contributed by atoms with van der Waals surface area (Å²) < 4.78 is 1.88. The van der Waals surface area contributed by atoms with E-state index in [0.717, 1.165) is 17.0 Å². The van der Waals surface area contributed by atoms with Crippen LogP contribution in [-0.4, -0.2) is 20.6 Å². The van der Waals surface area contributed by atoms with Crippen molar-refractivity contribution in [1.82, 2.24) is 9.55 Å². The van der Waals surface area contributed by atoms with E-state index in [2.05, 4.69) is 4.98 Å². The second-order valence-electron chi connectivity index (χ2n) is 3.51. The maximum Gasteiger partial charge on any atom is 0.348 e. The Hall–Kier alpha value is -1.62. The van der Waals surface area contributed by atoms with Crippen LogP contribution in [0.5, 0.6) is 0 Å². The topological polar surface area (TPSA) is 55.1 Å². The van der Waals surface area contributed by atoms with Crippen molar-refractivity contribution in [3.8, 4) is 11.3 Å². The van der Waals surface area contributed by atoms with Crippen LogP contribution in [0.1, 0.15) is 21.6 Å². The van der Waals surface area contributed by atoms with Gasteiger partial charge in [0.25, 0.3) is 0 Å². The van der Waals surface area contributed by atoms with Crippen LogP contribution >= 0.6 is 11.3 Å². The molecule has 0 aliphatic rings. The van der Waals surface area contributed by atoms with Gasteiger partial charge in [0.1, 0.15) is 4.88 Å². The highest BCUT2D eigenvalue weighted by Gasteiger charge is 2.18. The smallest absolute Gasteiger partial charge is 0.348 e. The lowest BCUT2D eigenvalue weighted by atomic mass is 10.2. The number of hydrogen-bond acceptors (Lipinski definition) is 3. The Morgan fingerprint density at radius 1 is 1.62 bits per heavy atom. The summed E-state index contributed by atoms with van der Waals surface area (Å²) in [5.41, 5.74) is 1.44. The highest BCUT2D eigenvalue weighted by Crippen LogP contribution is 2.28. The Kier molecular flexibility index (Phi) is 2.78. The molecule has 0 aliphatic carbocycles. The molecule has 0 amide bonds. The molecule has 0 aromatic carbocycles. The molecule has 0 bridgehead atoms. The zero-order valence-corrected chi connectivity index (χ0v) is 9.91. The molecule has 0 atom stereocenters. The van der Waals surface area contributed by atoms with Crippen LogP contribution in [0.3, 0.4) is 0 Å². The average Bonchev–Trinajstić information content (AvgIpc) is 2.82. The van der Waals surface area contributed by atoms with E-state index < -0.39 is 5.97 Å². The van der Waals surface area contributed by atoms with Gasteiger partial charge in [-0.1, -0.05) is 6.92 Å². The molecule has 84 valence electrons. The number of carboxylic acid groups (broad SMARTS) is 1. The molecule has 5 heteroatoms. The lowest BCUT2D eigenvalue weighted by Crippen LogP contribution is -1.94. The maximum atomic E-state index is 11.1. The van der Waals surface area contributed by atoms with Gasteiger partial charge in [-0.25, -0.2) is 9.78 Å². The number of carbonyl (C=O) groups is 1. The fourth-order valence-electron chi connectivity index (χ4n) is 1.50. The van der Waals surface area contributed by atoms with Gasteiger partial charge >= 0.3 is 5.97 Å². The third-order valence-electron chi connectivity index (χ3n) is 2.27. The molecule has 4 nitrogen and oxygen atoms in total. The van der Waals surface area contributed by atoms with Crippen LogP contribution < -0.4 is 0 Å². The summed E-state index contributed by atoms with van der Waals surface area (Å²) in [5.74, 6) is -0.906. The van der Waals surface area contributed by atoms with Crippen molar-refractivity contribution >= 4 is 17.3 Å². The molecule has 0 unspecified atom stereocenters. The number of hydrogen-bond donors (Lipinski definition) is 1. The Morgan fingerprint density at radius 2 is 2.38 bits per heavy atom. The van der Waals surface area contributed by atoms with Gasteiger partial charge in [-0.3, -0.25) is 0 Å². The summed E-state index contributed by atoms with van der Waals surface area (Å²) in [7, 11) is 1.90. The minimum absolute atomic E-state index is 0.322. The summed E-state index contributed by atoms with van der Waals surface area (Å²) >= 11 is 1.25. The third-order valence-corrected chi connectivity index (χ3v) is 3.46. The van der Waals surface area contributed by atoms with Crippen molar-refractivity contribution in [2.24, 2.45) is 7.05 Å². The van der Waals surface area contributed by atoms with Crippen LogP contribution in [0.25, 0.3) is 11.3 Å². The van der Waals surface area contributed by atoms with E-state index in [1.54, 1.807) is 0 Å². The molecule has 0 spiro atoms. The fourth-order valence-corrected chi connectivity index (χ4v) is 2.36. The van der Waals surface area contributed by atoms with Crippen molar-refractivity contribution in [2.75, 3.05) is 0 Å². The molecule has 2 heterocycles. The molecule has 0 saturated heterocycles.